The number of aliphatic imine (C=N–C) groups is 1. The summed E-state index contributed by atoms with van der Waals surface area (Å²) in [4.78, 5) is 4.52. The predicted octanol–water partition coefficient (Wildman–Crippen LogP) is 3.41. The predicted molar refractivity (Wildman–Crippen MR) is 104 cm³/mol. The molecule has 0 aromatic heterocycles. The highest BCUT2D eigenvalue weighted by Gasteiger charge is 2.57. The van der Waals surface area contributed by atoms with E-state index in [1.807, 2.05) is 19.2 Å². The second-order valence-corrected chi connectivity index (χ2v) is 7.76. The maximum atomic E-state index is 6.04. The number of hydrogen-bond donors (Lipinski definition) is 2. The standard InChI is InChI=1S/C21H31N3O2/c1-3-25-19-14-18(21(19)11-6-7-12-21)24-20(22-2)23-16-10-13-26-17-9-5-4-8-15(16)17/h4-5,8-9,16,18-19H,3,6-7,10-14H2,1-2H3,(H2,22,23,24). The first-order valence-electron chi connectivity index (χ1n) is 10.1. The van der Waals surface area contributed by atoms with Gasteiger partial charge in [0.2, 0.25) is 0 Å². The van der Waals surface area contributed by atoms with Crippen molar-refractivity contribution in [2.24, 2.45) is 10.4 Å². The molecular weight excluding hydrogens is 326 g/mol. The first-order chi connectivity index (χ1) is 12.8. The van der Waals surface area contributed by atoms with E-state index in [-0.39, 0.29) is 6.04 Å². The van der Waals surface area contributed by atoms with Crippen molar-refractivity contribution >= 4 is 5.96 Å². The average Bonchev–Trinajstić information content (AvgIpc) is 3.19. The molecule has 0 saturated heterocycles. The van der Waals surface area contributed by atoms with Crippen molar-refractivity contribution in [2.45, 2.75) is 63.6 Å². The van der Waals surface area contributed by atoms with E-state index >= 15 is 0 Å². The second-order valence-electron chi connectivity index (χ2n) is 7.76. The number of guanidine groups is 1. The lowest BCUT2D eigenvalue weighted by Gasteiger charge is -2.54. The van der Waals surface area contributed by atoms with Crippen LogP contribution in [0, 0.1) is 5.41 Å². The fourth-order valence-electron chi connectivity index (χ4n) is 5.08. The summed E-state index contributed by atoms with van der Waals surface area (Å²) in [6.45, 7) is 3.66. The van der Waals surface area contributed by atoms with Gasteiger partial charge >= 0.3 is 0 Å². The lowest BCUT2D eigenvalue weighted by Crippen LogP contribution is -2.65. The highest BCUT2D eigenvalue weighted by atomic mass is 16.5. The minimum absolute atomic E-state index is 0.244. The Morgan fingerprint density at radius 3 is 2.85 bits per heavy atom. The van der Waals surface area contributed by atoms with Crippen molar-refractivity contribution in [3.8, 4) is 5.75 Å². The third-order valence-corrected chi connectivity index (χ3v) is 6.49. The smallest absolute Gasteiger partial charge is 0.191 e. The molecule has 1 aromatic rings. The van der Waals surface area contributed by atoms with Crippen molar-refractivity contribution in [2.75, 3.05) is 20.3 Å². The van der Waals surface area contributed by atoms with Gasteiger partial charge in [0.25, 0.3) is 0 Å². The van der Waals surface area contributed by atoms with Crippen molar-refractivity contribution in [3.05, 3.63) is 29.8 Å². The van der Waals surface area contributed by atoms with Crippen molar-refractivity contribution < 1.29 is 9.47 Å². The van der Waals surface area contributed by atoms with Crippen molar-refractivity contribution in [3.63, 3.8) is 0 Å². The van der Waals surface area contributed by atoms with Crippen LogP contribution in [0.3, 0.4) is 0 Å². The number of nitrogens with zero attached hydrogens (tertiary/aromatic N) is 1. The quantitative estimate of drug-likeness (QED) is 0.640. The molecule has 1 spiro atoms. The third-order valence-electron chi connectivity index (χ3n) is 6.49. The monoisotopic (exact) mass is 357 g/mol. The Bertz CT molecular complexity index is 654. The van der Waals surface area contributed by atoms with Crippen LogP contribution in [-0.2, 0) is 4.74 Å². The zero-order chi connectivity index (χ0) is 18.0. The summed E-state index contributed by atoms with van der Waals surface area (Å²) in [5.41, 5.74) is 1.53. The topological polar surface area (TPSA) is 54.9 Å². The molecule has 3 atom stereocenters. The number of para-hydroxylation sites is 1. The molecule has 1 aromatic carbocycles. The van der Waals surface area contributed by atoms with Gasteiger partial charge in [0.05, 0.1) is 18.8 Å². The summed E-state index contributed by atoms with van der Waals surface area (Å²) in [5, 5.41) is 7.35. The molecular formula is C21H31N3O2. The number of fused-ring (bicyclic) bond motifs is 1. The zero-order valence-corrected chi connectivity index (χ0v) is 16.0. The van der Waals surface area contributed by atoms with Crippen LogP contribution in [0.25, 0.3) is 0 Å². The lowest BCUT2D eigenvalue weighted by molar-refractivity contribution is -0.125. The van der Waals surface area contributed by atoms with E-state index in [0.29, 0.717) is 17.6 Å². The SMILES string of the molecule is CCOC1CC(NC(=NC)NC2CCOc3ccccc32)C12CCCC2. The van der Waals surface area contributed by atoms with Gasteiger partial charge in [-0.1, -0.05) is 31.0 Å². The number of benzene rings is 1. The van der Waals surface area contributed by atoms with Crippen LogP contribution in [-0.4, -0.2) is 38.4 Å². The summed E-state index contributed by atoms with van der Waals surface area (Å²) in [7, 11) is 1.86. The van der Waals surface area contributed by atoms with E-state index in [4.69, 9.17) is 9.47 Å². The molecule has 5 heteroatoms. The first-order valence-corrected chi connectivity index (χ1v) is 10.1. The molecule has 2 fully saturated rings. The van der Waals surface area contributed by atoms with Gasteiger partial charge in [-0.25, -0.2) is 0 Å². The van der Waals surface area contributed by atoms with E-state index in [0.717, 1.165) is 37.8 Å². The van der Waals surface area contributed by atoms with E-state index < -0.39 is 0 Å². The van der Waals surface area contributed by atoms with Gasteiger partial charge in [0, 0.05) is 37.1 Å². The molecule has 5 nitrogen and oxygen atoms in total. The normalized spacial score (nSPS) is 29.6. The summed E-state index contributed by atoms with van der Waals surface area (Å²) in [5.74, 6) is 1.89. The molecule has 2 saturated carbocycles. The molecule has 3 aliphatic rings. The van der Waals surface area contributed by atoms with E-state index in [1.54, 1.807) is 0 Å². The van der Waals surface area contributed by atoms with Gasteiger partial charge in [0.15, 0.2) is 5.96 Å². The first kappa shape index (κ1) is 17.7. The minimum Gasteiger partial charge on any atom is -0.493 e. The van der Waals surface area contributed by atoms with Crippen LogP contribution >= 0.6 is 0 Å². The molecule has 0 bridgehead atoms. The fraction of sp³-hybridized carbons (Fsp3) is 0.667. The molecule has 0 amide bonds. The average molecular weight is 357 g/mol. The lowest BCUT2D eigenvalue weighted by atomic mass is 9.60. The summed E-state index contributed by atoms with van der Waals surface area (Å²) < 4.78 is 11.8. The highest BCUT2D eigenvalue weighted by Crippen LogP contribution is 2.54. The zero-order valence-electron chi connectivity index (χ0n) is 16.0. The fourth-order valence-corrected chi connectivity index (χ4v) is 5.08. The van der Waals surface area contributed by atoms with Crippen molar-refractivity contribution in [1.82, 2.24) is 10.6 Å². The molecule has 1 heterocycles. The largest absolute Gasteiger partial charge is 0.493 e. The summed E-state index contributed by atoms with van der Waals surface area (Å²) in [6, 6.07) is 9.00. The van der Waals surface area contributed by atoms with E-state index in [9.17, 15) is 0 Å². The number of nitrogens with one attached hydrogen (secondary N) is 2. The van der Waals surface area contributed by atoms with Gasteiger partial charge in [-0.2, -0.15) is 0 Å². The third kappa shape index (κ3) is 3.07. The Kier molecular flexibility index (Phi) is 5.07. The second kappa shape index (κ2) is 7.47. The van der Waals surface area contributed by atoms with Crippen LogP contribution in [0.2, 0.25) is 0 Å². The van der Waals surface area contributed by atoms with Crippen LogP contribution in [0.1, 0.15) is 57.1 Å². The highest BCUT2D eigenvalue weighted by molar-refractivity contribution is 5.81. The molecule has 1 aliphatic heterocycles. The van der Waals surface area contributed by atoms with Crippen LogP contribution in [0.15, 0.2) is 29.3 Å². The van der Waals surface area contributed by atoms with Crippen molar-refractivity contribution in [1.29, 1.82) is 0 Å². The van der Waals surface area contributed by atoms with Gasteiger partial charge in [0.1, 0.15) is 5.75 Å². The Balaban J connectivity index is 1.43. The summed E-state index contributed by atoms with van der Waals surface area (Å²) >= 11 is 0. The molecule has 4 rings (SSSR count). The van der Waals surface area contributed by atoms with Gasteiger partial charge in [-0.05, 0) is 32.3 Å². The molecule has 26 heavy (non-hydrogen) atoms. The van der Waals surface area contributed by atoms with Gasteiger partial charge in [-0.3, -0.25) is 4.99 Å². The Hall–Kier alpha value is -1.75. The minimum atomic E-state index is 0.244. The number of hydrogen-bond acceptors (Lipinski definition) is 3. The van der Waals surface area contributed by atoms with Gasteiger partial charge in [-0.15, -0.1) is 0 Å². The molecule has 2 N–H and O–H groups in total. The Morgan fingerprint density at radius 2 is 2.08 bits per heavy atom. The molecule has 3 unspecified atom stereocenters. The maximum absolute atomic E-state index is 6.04. The van der Waals surface area contributed by atoms with E-state index in [2.05, 4.69) is 34.7 Å². The van der Waals surface area contributed by atoms with Gasteiger partial charge < -0.3 is 20.1 Å². The number of ether oxygens (including phenoxy) is 2. The maximum Gasteiger partial charge on any atom is 0.191 e. The Morgan fingerprint density at radius 1 is 1.27 bits per heavy atom. The Labute approximate surface area is 156 Å². The van der Waals surface area contributed by atoms with Crippen LogP contribution in [0.4, 0.5) is 0 Å². The van der Waals surface area contributed by atoms with E-state index in [1.165, 1.54) is 31.2 Å². The van der Waals surface area contributed by atoms with Crippen LogP contribution < -0.4 is 15.4 Å². The molecule has 142 valence electrons. The molecule has 0 radical (unpaired) electrons. The summed E-state index contributed by atoms with van der Waals surface area (Å²) in [6.07, 6.45) is 7.63. The number of rotatable bonds is 4. The van der Waals surface area contributed by atoms with Crippen LogP contribution in [0.5, 0.6) is 5.75 Å². The molecule has 2 aliphatic carbocycles.